The van der Waals surface area contributed by atoms with Gasteiger partial charge in [-0.05, 0) is 50.3 Å². The molecule has 2 aliphatic heterocycles. The highest BCUT2D eigenvalue weighted by atomic mass is 32.2. The number of nitrogens with zero attached hydrogens (tertiary/aromatic N) is 2. The highest BCUT2D eigenvalue weighted by Crippen LogP contribution is 2.25. The number of benzene rings is 1. The molecule has 24 heavy (non-hydrogen) atoms. The van der Waals surface area contributed by atoms with Gasteiger partial charge in [0.05, 0.1) is 4.90 Å². The fourth-order valence-electron chi connectivity index (χ4n) is 3.53. The third-order valence-electron chi connectivity index (χ3n) is 5.01. The molecule has 132 valence electrons. The number of likely N-dealkylation sites (tertiary alicyclic amines) is 1. The van der Waals surface area contributed by atoms with Crippen molar-refractivity contribution in [1.82, 2.24) is 9.21 Å². The topological polar surface area (TPSA) is 57.7 Å². The van der Waals surface area contributed by atoms with Crippen LogP contribution < -0.4 is 0 Å². The smallest absolute Gasteiger partial charge is 0.253 e. The van der Waals surface area contributed by atoms with Crippen LogP contribution in [0.3, 0.4) is 0 Å². The Hall–Kier alpha value is -1.40. The van der Waals surface area contributed by atoms with Gasteiger partial charge in [0.2, 0.25) is 10.0 Å². The number of carbonyl (C=O) groups excluding carboxylic acids is 1. The molecule has 2 fully saturated rings. The molecular weight excluding hydrogens is 324 g/mol. The molecule has 1 amide bonds. The summed E-state index contributed by atoms with van der Waals surface area (Å²) in [7, 11) is -3.50. The molecule has 0 unspecified atom stereocenters. The van der Waals surface area contributed by atoms with Crippen LogP contribution in [0.5, 0.6) is 0 Å². The minimum Gasteiger partial charge on any atom is -0.339 e. The standard InChI is InChI=1S/C18H26N2O3S/c1-15-8-9-16(18(21)19-10-4-2-3-5-11-19)14-17(15)24(22,23)20-12-6-7-13-20/h8-9,14H,2-7,10-13H2,1H3. The molecule has 0 aromatic heterocycles. The van der Waals surface area contributed by atoms with Crippen molar-refractivity contribution in [3.8, 4) is 0 Å². The summed E-state index contributed by atoms with van der Waals surface area (Å²) >= 11 is 0. The lowest BCUT2D eigenvalue weighted by Crippen LogP contribution is -2.32. The number of carbonyl (C=O) groups is 1. The van der Waals surface area contributed by atoms with Gasteiger partial charge in [0, 0.05) is 31.7 Å². The zero-order valence-corrected chi connectivity index (χ0v) is 15.1. The van der Waals surface area contributed by atoms with Crippen molar-refractivity contribution in [3.05, 3.63) is 29.3 Å². The zero-order valence-electron chi connectivity index (χ0n) is 14.3. The number of aryl methyl sites for hydroxylation is 1. The molecule has 5 nitrogen and oxygen atoms in total. The van der Waals surface area contributed by atoms with Gasteiger partial charge in [-0.15, -0.1) is 0 Å². The van der Waals surface area contributed by atoms with Gasteiger partial charge in [-0.3, -0.25) is 4.79 Å². The lowest BCUT2D eigenvalue weighted by atomic mass is 10.1. The molecular formula is C18H26N2O3S. The molecule has 0 bridgehead atoms. The molecule has 0 radical (unpaired) electrons. The molecule has 0 spiro atoms. The molecule has 1 aromatic carbocycles. The van der Waals surface area contributed by atoms with Crippen LogP contribution in [0, 0.1) is 6.92 Å². The van der Waals surface area contributed by atoms with Gasteiger partial charge < -0.3 is 4.90 Å². The van der Waals surface area contributed by atoms with Gasteiger partial charge in [-0.25, -0.2) is 8.42 Å². The van der Waals surface area contributed by atoms with Crippen LogP contribution >= 0.6 is 0 Å². The van der Waals surface area contributed by atoms with Crippen LogP contribution in [0.4, 0.5) is 0 Å². The van der Waals surface area contributed by atoms with E-state index in [4.69, 9.17) is 0 Å². The van der Waals surface area contributed by atoms with Crippen LogP contribution in [0.2, 0.25) is 0 Å². The Morgan fingerprint density at radius 1 is 0.917 bits per heavy atom. The first kappa shape index (κ1) is 17.4. The van der Waals surface area contributed by atoms with E-state index in [9.17, 15) is 13.2 Å². The summed E-state index contributed by atoms with van der Waals surface area (Å²) in [6, 6.07) is 5.09. The average Bonchev–Trinajstić information content (AvgIpc) is 2.98. The molecule has 2 aliphatic rings. The Kier molecular flexibility index (Phi) is 5.25. The van der Waals surface area contributed by atoms with E-state index < -0.39 is 10.0 Å². The molecule has 0 atom stereocenters. The molecule has 1 aromatic rings. The van der Waals surface area contributed by atoms with Gasteiger partial charge in [-0.2, -0.15) is 4.31 Å². The first-order valence-electron chi connectivity index (χ1n) is 8.90. The van der Waals surface area contributed by atoms with E-state index in [1.165, 1.54) is 4.31 Å². The summed E-state index contributed by atoms with van der Waals surface area (Å²) in [6.45, 7) is 4.48. The van der Waals surface area contributed by atoms with Gasteiger partial charge in [0.25, 0.3) is 5.91 Å². The monoisotopic (exact) mass is 350 g/mol. The normalized spacial score (nSPS) is 20.1. The highest BCUT2D eigenvalue weighted by molar-refractivity contribution is 7.89. The maximum absolute atomic E-state index is 12.9. The SMILES string of the molecule is Cc1ccc(C(=O)N2CCCCCC2)cc1S(=O)(=O)N1CCCC1. The van der Waals surface area contributed by atoms with E-state index in [2.05, 4.69) is 0 Å². The van der Waals surface area contributed by atoms with Crippen LogP contribution in [0.15, 0.2) is 23.1 Å². The predicted octanol–water partition coefficient (Wildman–Crippen LogP) is 2.80. The minimum atomic E-state index is -3.50. The van der Waals surface area contributed by atoms with Crippen LogP contribution in [-0.2, 0) is 10.0 Å². The molecule has 0 aliphatic carbocycles. The lowest BCUT2D eigenvalue weighted by molar-refractivity contribution is 0.0761. The van der Waals surface area contributed by atoms with Crippen LogP contribution in [-0.4, -0.2) is 49.7 Å². The molecule has 0 saturated carbocycles. The number of hydrogen-bond donors (Lipinski definition) is 0. The average molecular weight is 350 g/mol. The first-order valence-corrected chi connectivity index (χ1v) is 10.3. The highest BCUT2D eigenvalue weighted by Gasteiger charge is 2.29. The third-order valence-corrected chi connectivity index (χ3v) is 7.05. The summed E-state index contributed by atoms with van der Waals surface area (Å²) in [6.07, 6.45) is 6.18. The molecule has 3 rings (SSSR count). The van der Waals surface area contributed by atoms with Crippen LogP contribution in [0.25, 0.3) is 0 Å². The Morgan fingerprint density at radius 2 is 1.50 bits per heavy atom. The Bertz CT molecular complexity index is 701. The second-order valence-corrected chi connectivity index (χ2v) is 8.70. The quantitative estimate of drug-likeness (QED) is 0.842. The molecule has 2 heterocycles. The fourth-order valence-corrected chi connectivity index (χ4v) is 5.30. The second-order valence-electron chi connectivity index (χ2n) is 6.80. The Labute approximate surface area is 144 Å². The van der Waals surface area contributed by atoms with Crippen molar-refractivity contribution < 1.29 is 13.2 Å². The largest absolute Gasteiger partial charge is 0.339 e. The van der Waals surface area contributed by atoms with Crippen molar-refractivity contribution in [2.24, 2.45) is 0 Å². The number of amides is 1. The maximum Gasteiger partial charge on any atom is 0.253 e. The fraction of sp³-hybridized carbons (Fsp3) is 0.611. The van der Waals surface area contributed by atoms with Crippen molar-refractivity contribution in [2.75, 3.05) is 26.2 Å². The minimum absolute atomic E-state index is 0.0465. The zero-order chi connectivity index (χ0) is 17.2. The van der Waals surface area contributed by atoms with E-state index in [1.807, 2.05) is 4.90 Å². The second kappa shape index (κ2) is 7.23. The number of rotatable bonds is 3. The Balaban J connectivity index is 1.89. The van der Waals surface area contributed by atoms with Crippen molar-refractivity contribution in [3.63, 3.8) is 0 Å². The summed E-state index contributed by atoms with van der Waals surface area (Å²) in [5.74, 6) is -0.0465. The number of sulfonamides is 1. The van der Waals surface area contributed by atoms with E-state index in [1.54, 1.807) is 25.1 Å². The molecule has 6 heteroatoms. The van der Waals surface area contributed by atoms with Gasteiger partial charge >= 0.3 is 0 Å². The van der Waals surface area contributed by atoms with Gasteiger partial charge in [0.15, 0.2) is 0 Å². The lowest BCUT2D eigenvalue weighted by Gasteiger charge is -2.22. The first-order chi connectivity index (χ1) is 11.5. The van der Waals surface area contributed by atoms with Crippen molar-refractivity contribution in [1.29, 1.82) is 0 Å². The van der Waals surface area contributed by atoms with E-state index >= 15 is 0 Å². The van der Waals surface area contributed by atoms with E-state index in [0.717, 1.165) is 51.6 Å². The Morgan fingerprint density at radius 3 is 2.12 bits per heavy atom. The molecule has 0 N–H and O–H groups in total. The van der Waals surface area contributed by atoms with Crippen molar-refractivity contribution >= 4 is 15.9 Å². The van der Waals surface area contributed by atoms with Crippen molar-refractivity contribution in [2.45, 2.75) is 50.3 Å². The summed E-state index contributed by atoms with van der Waals surface area (Å²) < 4.78 is 27.3. The van der Waals surface area contributed by atoms with Gasteiger partial charge in [-0.1, -0.05) is 18.9 Å². The summed E-state index contributed by atoms with van der Waals surface area (Å²) in [4.78, 5) is 14.9. The summed E-state index contributed by atoms with van der Waals surface area (Å²) in [5, 5.41) is 0. The van der Waals surface area contributed by atoms with Gasteiger partial charge in [0.1, 0.15) is 0 Å². The van der Waals surface area contributed by atoms with E-state index in [0.29, 0.717) is 24.2 Å². The maximum atomic E-state index is 12.9. The van der Waals surface area contributed by atoms with Crippen LogP contribution in [0.1, 0.15) is 54.4 Å². The number of hydrogen-bond acceptors (Lipinski definition) is 3. The molecule has 2 saturated heterocycles. The summed E-state index contributed by atoms with van der Waals surface area (Å²) in [5.41, 5.74) is 1.19. The third kappa shape index (κ3) is 3.49. The van der Waals surface area contributed by atoms with E-state index in [-0.39, 0.29) is 10.8 Å². The predicted molar refractivity (Wildman–Crippen MR) is 93.5 cm³/mol.